The highest BCUT2D eigenvalue weighted by Gasteiger charge is 2.06. The topological polar surface area (TPSA) is 57.8 Å². The summed E-state index contributed by atoms with van der Waals surface area (Å²) in [6.07, 6.45) is 0. The molecule has 84 valence electrons. The number of benzene rings is 1. The number of anilines is 1. The number of imidazole rings is 1. The van der Waals surface area contributed by atoms with Crippen molar-refractivity contribution in [3.8, 4) is 0 Å². The summed E-state index contributed by atoms with van der Waals surface area (Å²) in [5.41, 5.74) is 3.08. The fraction of sp³-hybridized carbons (Fsp3) is 0.333. The number of nitrogens with one attached hydrogen (secondary N) is 2. The Bertz CT molecular complexity index is 528. The van der Waals surface area contributed by atoms with Gasteiger partial charge in [-0.15, -0.1) is 0 Å². The van der Waals surface area contributed by atoms with Crippen LogP contribution in [-0.4, -0.2) is 15.9 Å². The summed E-state index contributed by atoms with van der Waals surface area (Å²) in [6, 6.07) is 6.09. The van der Waals surface area contributed by atoms with Crippen LogP contribution >= 0.6 is 0 Å². The van der Waals surface area contributed by atoms with E-state index in [0.717, 1.165) is 11.0 Å². The normalized spacial score (nSPS) is 11.0. The van der Waals surface area contributed by atoms with Gasteiger partial charge in [-0.1, -0.05) is 19.9 Å². The molecule has 4 heteroatoms. The molecule has 0 aliphatic carbocycles. The molecule has 4 nitrogen and oxygen atoms in total. The Hall–Kier alpha value is -1.84. The van der Waals surface area contributed by atoms with E-state index in [9.17, 15) is 4.79 Å². The van der Waals surface area contributed by atoms with Crippen LogP contribution in [0.2, 0.25) is 0 Å². The number of H-pyrrole nitrogens is 1. The molecule has 16 heavy (non-hydrogen) atoms. The van der Waals surface area contributed by atoms with E-state index in [4.69, 9.17) is 0 Å². The van der Waals surface area contributed by atoms with E-state index in [-0.39, 0.29) is 5.91 Å². The summed E-state index contributed by atoms with van der Waals surface area (Å²) >= 11 is 0. The van der Waals surface area contributed by atoms with Crippen LogP contribution < -0.4 is 5.32 Å². The molecule has 2 aromatic rings. The van der Waals surface area contributed by atoms with Crippen LogP contribution in [0.5, 0.6) is 0 Å². The first-order valence-corrected chi connectivity index (χ1v) is 5.33. The van der Waals surface area contributed by atoms with Gasteiger partial charge in [-0.05, 0) is 23.6 Å². The van der Waals surface area contributed by atoms with E-state index < -0.39 is 0 Å². The molecule has 0 radical (unpaired) electrons. The molecule has 0 atom stereocenters. The fourth-order valence-electron chi connectivity index (χ4n) is 1.61. The van der Waals surface area contributed by atoms with Gasteiger partial charge in [0, 0.05) is 6.92 Å². The second kappa shape index (κ2) is 3.96. The van der Waals surface area contributed by atoms with Crippen LogP contribution in [0.3, 0.4) is 0 Å². The Morgan fingerprint density at radius 1 is 1.44 bits per heavy atom. The molecule has 2 N–H and O–H groups in total. The summed E-state index contributed by atoms with van der Waals surface area (Å²) in [6.45, 7) is 5.76. The highest BCUT2D eigenvalue weighted by molar-refractivity contribution is 5.89. The molecule has 1 aromatic carbocycles. The Balaban J connectivity index is 2.41. The minimum absolute atomic E-state index is 0.122. The van der Waals surface area contributed by atoms with Gasteiger partial charge in [-0.3, -0.25) is 10.1 Å². The first-order chi connectivity index (χ1) is 7.56. The van der Waals surface area contributed by atoms with Gasteiger partial charge in [0.05, 0.1) is 11.0 Å². The van der Waals surface area contributed by atoms with Crippen LogP contribution in [0.15, 0.2) is 18.2 Å². The predicted molar refractivity (Wildman–Crippen MR) is 64.5 cm³/mol. The lowest BCUT2D eigenvalue weighted by atomic mass is 10.0. The number of nitrogens with zero attached hydrogens (tertiary/aromatic N) is 1. The first kappa shape index (κ1) is 10.7. The van der Waals surface area contributed by atoms with Crippen molar-refractivity contribution in [2.45, 2.75) is 26.7 Å². The summed E-state index contributed by atoms with van der Waals surface area (Å²) in [5.74, 6) is 0.864. The van der Waals surface area contributed by atoms with Crippen LogP contribution in [0.4, 0.5) is 5.95 Å². The standard InChI is InChI=1S/C12H15N3O/c1-7(2)9-4-5-10-11(6-9)15-12(14-10)13-8(3)16/h4-7H,1-3H3,(H2,13,14,15,16). The molecule has 0 saturated carbocycles. The molecule has 1 amide bonds. The molecule has 1 aromatic heterocycles. The third-order valence-electron chi connectivity index (χ3n) is 2.47. The lowest BCUT2D eigenvalue weighted by Gasteiger charge is -2.03. The molecule has 0 unspecified atom stereocenters. The van der Waals surface area contributed by atoms with E-state index in [0.29, 0.717) is 11.9 Å². The zero-order chi connectivity index (χ0) is 11.7. The number of aromatic nitrogens is 2. The largest absolute Gasteiger partial charge is 0.324 e. The van der Waals surface area contributed by atoms with Crippen molar-refractivity contribution in [2.75, 3.05) is 5.32 Å². The van der Waals surface area contributed by atoms with Gasteiger partial charge in [0.1, 0.15) is 0 Å². The van der Waals surface area contributed by atoms with Gasteiger partial charge in [-0.25, -0.2) is 4.98 Å². The Morgan fingerprint density at radius 3 is 2.81 bits per heavy atom. The van der Waals surface area contributed by atoms with Crippen molar-refractivity contribution in [2.24, 2.45) is 0 Å². The molecule has 2 rings (SSSR count). The SMILES string of the molecule is CC(=O)Nc1nc2ccc(C(C)C)cc2[nH]1. The molecule has 0 aliphatic rings. The Morgan fingerprint density at radius 2 is 2.19 bits per heavy atom. The van der Waals surface area contributed by atoms with Gasteiger partial charge in [0.15, 0.2) is 0 Å². The van der Waals surface area contributed by atoms with Crippen molar-refractivity contribution in [1.82, 2.24) is 9.97 Å². The third-order valence-corrected chi connectivity index (χ3v) is 2.47. The lowest BCUT2D eigenvalue weighted by molar-refractivity contribution is -0.114. The van der Waals surface area contributed by atoms with Crippen molar-refractivity contribution in [1.29, 1.82) is 0 Å². The van der Waals surface area contributed by atoms with Crippen molar-refractivity contribution >= 4 is 22.9 Å². The number of amides is 1. The quantitative estimate of drug-likeness (QED) is 0.812. The molecule has 0 aliphatic heterocycles. The summed E-state index contributed by atoms with van der Waals surface area (Å²) < 4.78 is 0. The highest BCUT2D eigenvalue weighted by atomic mass is 16.1. The third kappa shape index (κ3) is 2.05. The maximum atomic E-state index is 10.9. The van der Waals surface area contributed by atoms with Gasteiger partial charge in [0.25, 0.3) is 0 Å². The minimum Gasteiger partial charge on any atom is -0.324 e. The number of aromatic amines is 1. The highest BCUT2D eigenvalue weighted by Crippen LogP contribution is 2.20. The molecule has 0 saturated heterocycles. The average molecular weight is 217 g/mol. The number of carbonyl (C=O) groups excluding carboxylic acids is 1. The maximum Gasteiger partial charge on any atom is 0.223 e. The van der Waals surface area contributed by atoms with E-state index >= 15 is 0 Å². The van der Waals surface area contributed by atoms with Crippen molar-refractivity contribution in [3.63, 3.8) is 0 Å². The van der Waals surface area contributed by atoms with Crippen molar-refractivity contribution in [3.05, 3.63) is 23.8 Å². The van der Waals surface area contributed by atoms with Crippen LogP contribution in [0.25, 0.3) is 11.0 Å². The number of hydrogen-bond acceptors (Lipinski definition) is 2. The Labute approximate surface area is 94.1 Å². The molecule has 0 fully saturated rings. The molecular formula is C12H15N3O. The molecular weight excluding hydrogens is 202 g/mol. The summed E-state index contributed by atoms with van der Waals surface area (Å²) in [7, 11) is 0. The number of hydrogen-bond donors (Lipinski definition) is 2. The second-order valence-electron chi connectivity index (χ2n) is 4.20. The van der Waals surface area contributed by atoms with E-state index in [2.05, 4.69) is 41.3 Å². The van der Waals surface area contributed by atoms with Crippen molar-refractivity contribution < 1.29 is 4.79 Å². The van der Waals surface area contributed by atoms with E-state index in [1.807, 2.05) is 6.07 Å². The first-order valence-electron chi connectivity index (χ1n) is 5.33. The summed E-state index contributed by atoms with van der Waals surface area (Å²) in [5, 5.41) is 2.64. The minimum atomic E-state index is -0.122. The van der Waals surface area contributed by atoms with Crippen LogP contribution in [-0.2, 0) is 4.79 Å². The lowest BCUT2D eigenvalue weighted by Crippen LogP contribution is -2.06. The average Bonchev–Trinajstić information content (AvgIpc) is 2.56. The van der Waals surface area contributed by atoms with Crippen LogP contribution in [0.1, 0.15) is 32.3 Å². The predicted octanol–water partition coefficient (Wildman–Crippen LogP) is 2.64. The molecule has 1 heterocycles. The van der Waals surface area contributed by atoms with Crippen LogP contribution in [0, 0.1) is 0 Å². The number of rotatable bonds is 2. The number of carbonyl (C=O) groups is 1. The fourth-order valence-corrected chi connectivity index (χ4v) is 1.61. The monoisotopic (exact) mass is 217 g/mol. The Kier molecular flexibility index (Phi) is 2.64. The number of fused-ring (bicyclic) bond motifs is 1. The van der Waals surface area contributed by atoms with E-state index in [1.54, 1.807) is 0 Å². The maximum absolute atomic E-state index is 10.9. The molecule has 0 spiro atoms. The van der Waals surface area contributed by atoms with Gasteiger partial charge < -0.3 is 4.98 Å². The second-order valence-corrected chi connectivity index (χ2v) is 4.20. The smallest absolute Gasteiger partial charge is 0.223 e. The summed E-state index contributed by atoms with van der Waals surface area (Å²) in [4.78, 5) is 18.2. The van der Waals surface area contributed by atoms with Gasteiger partial charge in [0.2, 0.25) is 11.9 Å². The van der Waals surface area contributed by atoms with Gasteiger partial charge >= 0.3 is 0 Å². The van der Waals surface area contributed by atoms with Gasteiger partial charge in [-0.2, -0.15) is 0 Å². The zero-order valence-corrected chi connectivity index (χ0v) is 9.66. The molecule has 0 bridgehead atoms. The zero-order valence-electron chi connectivity index (χ0n) is 9.66. The van der Waals surface area contributed by atoms with E-state index in [1.165, 1.54) is 12.5 Å².